The van der Waals surface area contributed by atoms with Crippen LogP contribution in [0.5, 0.6) is 0 Å². The van der Waals surface area contributed by atoms with Crippen LogP contribution in [0, 0.1) is 10.1 Å². The summed E-state index contributed by atoms with van der Waals surface area (Å²) in [5.41, 5.74) is 1.81. The molecule has 8 heteroatoms. The number of nitro groups is 1. The highest BCUT2D eigenvalue weighted by molar-refractivity contribution is 7.07. The third-order valence-electron chi connectivity index (χ3n) is 2.99. The van der Waals surface area contributed by atoms with Crippen LogP contribution in [0.15, 0.2) is 40.6 Å². The van der Waals surface area contributed by atoms with Crippen LogP contribution >= 0.6 is 11.3 Å². The molecule has 0 saturated heterocycles. The smallest absolute Gasteiger partial charge is 0.304 e. The Kier molecular flexibility index (Phi) is 3.36. The molecule has 7 nitrogen and oxygen atoms in total. The average molecular weight is 302 g/mol. The molecular weight excluding hydrogens is 292 g/mol. The Hall–Kier alpha value is -2.74. The monoisotopic (exact) mass is 302 g/mol. The largest absolute Gasteiger partial charge is 0.379 e. The second-order valence-corrected chi connectivity index (χ2v) is 5.16. The van der Waals surface area contributed by atoms with Crippen molar-refractivity contribution in [3.8, 4) is 0 Å². The predicted octanol–water partition coefficient (Wildman–Crippen LogP) is 2.50. The number of benzene rings is 1. The van der Waals surface area contributed by atoms with Crippen LogP contribution in [0.25, 0.3) is 10.9 Å². The van der Waals surface area contributed by atoms with Gasteiger partial charge in [-0.15, -0.1) is 0 Å². The van der Waals surface area contributed by atoms with Gasteiger partial charge in [-0.3, -0.25) is 14.9 Å². The van der Waals surface area contributed by atoms with Crippen molar-refractivity contribution in [2.75, 3.05) is 5.32 Å². The van der Waals surface area contributed by atoms with E-state index in [1.165, 1.54) is 12.3 Å². The van der Waals surface area contributed by atoms with Crippen LogP contribution in [0.2, 0.25) is 0 Å². The number of aromatic nitrogens is 2. The molecule has 0 aliphatic rings. The number of aromatic amines is 1. The summed E-state index contributed by atoms with van der Waals surface area (Å²) in [7, 11) is 0. The number of non-ortho nitro benzene ring substituents is 1. The summed E-state index contributed by atoms with van der Waals surface area (Å²) in [6, 6.07) is 6.57. The Balaban J connectivity index is 1.97. The Morgan fingerprint density at radius 3 is 2.95 bits per heavy atom. The second kappa shape index (κ2) is 5.33. The summed E-state index contributed by atoms with van der Waals surface area (Å²) < 4.78 is 0. The average Bonchev–Trinajstić information content (AvgIpc) is 2.90. The summed E-state index contributed by atoms with van der Waals surface area (Å²) in [5.74, 6) is 0. The SMILES string of the molecule is O=c1[nH]c(CNc2ccnc3c([N+](=O)[O-])cccc23)cs1. The first kappa shape index (κ1) is 13.3. The molecule has 3 rings (SSSR count). The Bertz CT molecular complexity index is 871. The molecule has 0 fully saturated rings. The summed E-state index contributed by atoms with van der Waals surface area (Å²) >= 11 is 1.10. The minimum Gasteiger partial charge on any atom is -0.379 e. The Morgan fingerprint density at radius 1 is 1.38 bits per heavy atom. The van der Waals surface area contributed by atoms with Gasteiger partial charge < -0.3 is 10.3 Å². The molecule has 0 radical (unpaired) electrons. The van der Waals surface area contributed by atoms with Crippen molar-refractivity contribution in [1.29, 1.82) is 0 Å². The number of H-pyrrole nitrogens is 1. The van der Waals surface area contributed by atoms with Gasteiger partial charge in [0.25, 0.3) is 5.69 Å². The lowest BCUT2D eigenvalue weighted by Crippen LogP contribution is -2.03. The predicted molar refractivity (Wildman–Crippen MR) is 80.7 cm³/mol. The molecule has 1 aromatic carbocycles. The van der Waals surface area contributed by atoms with Crippen LogP contribution in [-0.2, 0) is 6.54 Å². The molecule has 0 bridgehead atoms. The quantitative estimate of drug-likeness (QED) is 0.569. The standard InChI is InChI=1S/C13H10N4O3S/c18-13-16-8(7-21-13)6-15-10-4-5-14-12-9(10)2-1-3-11(12)17(19)20/h1-5,7H,6H2,(H,14,15)(H,16,18). The minimum absolute atomic E-state index is 0.0277. The van der Waals surface area contributed by atoms with Gasteiger partial charge in [0.05, 0.1) is 11.5 Å². The van der Waals surface area contributed by atoms with E-state index in [-0.39, 0.29) is 10.6 Å². The summed E-state index contributed by atoms with van der Waals surface area (Å²) in [5, 5.41) is 16.6. The Labute approximate surface area is 122 Å². The number of nitrogens with one attached hydrogen (secondary N) is 2. The number of para-hydroxylation sites is 1. The van der Waals surface area contributed by atoms with Crippen LogP contribution in [0.4, 0.5) is 11.4 Å². The molecule has 2 heterocycles. The normalized spacial score (nSPS) is 10.7. The van der Waals surface area contributed by atoms with Gasteiger partial charge >= 0.3 is 4.87 Å². The molecule has 2 aromatic heterocycles. The van der Waals surface area contributed by atoms with E-state index in [9.17, 15) is 14.9 Å². The van der Waals surface area contributed by atoms with E-state index in [1.54, 1.807) is 23.6 Å². The first-order valence-corrected chi connectivity index (χ1v) is 6.96. The fraction of sp³-hybridized carbons (Fsp3) is 0.0769. The van der Waals surface area contributed by atoms with E-state index in [4.69, 9.17) is 0 Å². The van der Waals surface area contributed by atoms with E-state index in [1.807, 2.05) is 0 Å². The number of nitro benzene ring substituents is 1. The second-order valence-electron chi connectivity index (χ2n) is 4.32. The number of fused-ring (bicyclic) bond motifs is 1. The zero-order valence-electron chi connectivity index (χ0n) is 10.7. The van der Waals surface area contributed by atoms with Crippen molar-refractivity contribution < 1.29 is 4.92 Å². The van der Waals surface area contributed by atoms with Crippen molar-refractivity contribution in [3.05, 3.63) is 61.3 Å². The number of pyridine rings is 1. The lowest BCUT2D eigenvalue weighted by atomic mass is 10.1. The van der Waals surface area contributed by atoms with Gasteiger partial charge in [-0.2, -0.15) is 0 Å². The molecular formula is C13H10N4O3S. The number of anilines is 1. The minimum atomic E-state index is -0.449. The van der Waals surface area contributed by atoms with Gasteiger partial charge in [-0.25, -0.2) is 4.98 Å². The fourth-order valence-electron chi connectivity index (χ4n) is 2.05. The van der Waals surface area contributed by atoms with E-state index in [0.717, 1.165) is 22.7 Å². The zero-order valence-corrected chi connectivity index (χ0v) is 11.5. The fourth-order valence-corrected chi connectivity index (χ4v) is 2.63. The molecule has 0 spiro atoms. The molecule has 0 atom stereocenters. The van der Waals surface area contributed by atoms with Crippen LogP contribution < -0.4 is 10.2 Å². The van der Waals surface area contributed by atoms with E-state index in [2.05, 4.69) is 15.3 Å². The van der Waals surface area contributed by atoms with Crippen molar-refractivity contribution in [1.82, 2.24) is 9.97 Å². The summed E-state index contributed by atoms with van der Waals surface area (Å²) in [6.45, 7) is 0.431. The molecule has 21 heavy (non-hydrogen) atoms. The van der Waals surface area contributed by atoms with E-state index < -0.39 is 4.92 Å². The first-order valence-electron chi connectivity index (χ1n) is 6.08. The molecule has 0 aliphatic heterocycles. The molecule has 0 amide bonds. The number of nitrogens with zero attached hydrogens (tertiary/aromatic N) is 2. The van der Waals surface area contributed by atoms with Gasteiger partial charge in [0.1, 0.15) is 5.52 Å². The molecule has 0 saturated carbocycles. The number of thiazole rings is 1. The number of rotatable bonds is 4. The van der Waals surface area contributed by atoms with Gasteiger partial charge in [-0.05, 0) is 6.07 Å². The molecule has 0 aliphatic carbocycles. The third kappa shape index (κ3) is 2.61. The van der Waals surface area contributed by atoms with Crippen molar-refractivity contribution in [2.45, 2.75) is 6.54 Å². The van der Waals surface area contributed by atoms with Crippen molar-refractivity contribution in [3.63, 3.8) is 0 Å². The summed E-state index contributed by atoms with van der Waals surface area (Å²) in [6.07, 6.45) is 1.52. The maximum absolute atomic E-state index is 11.1. The Morgan fingerprint density at radius 2 is 2.24 bits per heavy atom. The van der Waals surface area contributed by atoms with Crippen LogP contribution in [0.1, 0.15) is 5.69 Å². The lowest BCUT2D eigenvalue weighted by molar-refractivity contribution is -0.383. The summed E-state index contributed by atoms with van der Waals surface area (Å²) in [4.78, 5) is 28.3. The zero-order chi connectivity index (χ0) is 14.8. The van der Waals surface area contributed by atoms with Gasteiger partial charge in [0, 0.05) is 34.4 Å². The van der Waals surface area contributed by atoms with E-state index in [0.29, 0.717) is 17.4 Å². The highest BCUT2D eigenvalue weighted by Gasteiger charge is 2.14. The highest BCUT2D eigenvalue weighted by Crippen LogP contribution is 2.28. The van der Waals surface area contributed by atoms with Gasteiger partial charge in [0.2, 0.25) is 0 Å². The maximum atomic E-state index is 11.1. The third-order valence-corrected chi connectivity index (χ3v) is 3.71. The maximum Gasteiger partial charge on any atom is 0.304 e. The van der Waals surface area contributed by atoms with Crippen molar-refractivity contribution >= 4 is 33.6 Å². The lowest BCUT2D eigenvalue weighted by Gasteiger charge is -2.08. The van der Waals surface area contributed by atoms with Gasteiger partial charge in [-0.1, -0.05) is 23.5 Å². The molecule has 106 valence electrons. The highest BCUT2D eigenvalue weighted by atomic mass is 32.1. The van der Waals surface area contributed by atoms with Gasteiger partial charge in [0.15, 0.2) is 0 Å². The number of hydrogen-bond acceptors (Lipinski definition) is 6. The van der Waals surface area contributed by atoms with Crippen LogP contribution in [0.3, 0.4) is 0 Å². The molecule has 3 aromatic rings. The first-order chi connectivity index (χ1) is 10.1. The number of hydrogen-bond donors (Lipinski definition) is 2. The molecule has 0 unspecified atom stereocenters. The van der Waals surface area contributed by atoms with Crippen LogP contribution in [-0.4, -0.2) is 14.9 Å². The molecule has 2 N–H and O–H groups in total. The topological polar surface area (TPSA) is 101 Å². The van der Waals surface area contributed by atoms with Crippen molar-refractivity contribution in [2.24, 2.45) is 0 Å². The van der Waals surface area contributed by atoms with E-state index >= 15 is 0 Å².